The number of halogens is 1. The summed E-state index contributed by atoms with van der Waals surface area (Å²) in [6.45, 7) is 0.930. The Morgan fingerprint density at radius 1 is 1.08 bits per heavy atom. The molecule has 1 N–H and O–H groups in total. The normalized spacial score (nSPS) is 19.1. The summed E-state index contributed by atoms with van der Waals surface area (Å²) in [5, 5.41) is 3.71. The molecule has 1 saturated heterocycles. The number of rotatable bonds is 2. The van der Waals surface area contributed by atoms with Gasteiger partial charge in [-0.3, -0.25) is 0 Å². The molecule has 0 radical (unpaired) electrons. The summed E-state index contributed by atoms with van der Waals surface area (Å²) in [4.78, 5) is 14.9. The van der Waals surface area contributed by atoms with Gasteiger partial charge in [0.1, 0.15) is 0 Å². The van der Waals surface area contributed by atoms with Gasteiger partial charge in [0.2, 0.25) is 6.79 Å². The van der Waals surface area contributed by atoms with Crippen LogP contribution in [0.3, 0.4) is 0 Å². The smallest absolute Gasteiger partial charge is 0.322 e. The molecule has 0 bridgehead atoms. The number of nitrogens with zero attached hydrogens (tertiary/aromatic N) is 1. The van der Waals surface area contributed by atoms with Crippen LogP contribution in [0.15, 0.2) is 42.5 Å². The van der Waals surface area contributed by atoms with Crippen molar-refractivity contribution in [2.45, 2.75) is 31.7 Å². The van der Waals surface area contributed by atoms with Crippen LogP contribution < -0.4 is 14.8 Å². The van der Waals surface area contributed by atoms with E-state index in [1.165, 1.54) is 0 Å². The molecule has 2 aliphatic heterocycles. The van der Waals surface area contributed by atoms with E-state index in [1.807, 2.05) is 41.3 Å². The Morgan fingerprint density at radius 2 is 1.92 bits per heavy atom. The van der Waals surface area contributed by atoms with Gasteiger partial charge < -0.3 is 19.7 Å². The number of likely N-dealkylation sites (tertiary alicyclic amines) is 1. The molecule has 6 heteroatoms. The van der Waals surface area contributed by atoms with E-state index >= 15 is 0 Å². The zero-order chi connectivity index (χ0) is 17.9. The highest BCUT2D eigenvalue weighted by molar-refractivity contribution is 6.31. The fourth-order valence-corrected chi connectivity index (χ4v) is 3.85. The van der Waals surface area contributed by atoms with Gasteiger partial charge in [-0.15, -0.1) is 0 Å². The van der Waals surface area contributed by atoms with Crippen LogP contribution in [0.5, 0.6) is 11.5 Å². The van der Waals surface area contributed by atoms with Crippen molar-refractivity contribution in [1.29, 1.82) is 0 Å². The quantitative estimate of drug-likeness (QED) is 0.786. The van der Waals surface area contributed by atoms with Crippen LogP contribution in [0.4, 0.5) is 10.5 Å². The lowest BCUT2D eigenvalue weighted by Gasteiger charge is -2.31. The van der Waals surface area contributed by atoms with Gasteiger partial charge >= 0.3 is 6.03 Å². The van der Waals surface area contributed by atoms with E-state index in [0.29, 0.717) is 28.8 Å². The molecule has 0 saturated carbocycles. The summed E-state index contributed by atoms with van der Waals surface area (Å²) in [6, 6.07) is 13.1. The number of anilines is 1. The van der Waals surface area contributed by atoms with Crippen molar-refractivity contribution in [3.8, 4) is 11.5 Å². The number of ether oxygens (including phenoxy) is 2. The monoisotopic (exact) mass is 372 g/mol. The number of benzene rings is 2. The summed E-state index contributed by atoms with van der Waals surface area (Å²) in [5.41, 5.74) is 1.71. The van der Waals surface area contributed by atoms with Gasteiger partial charge in [0.05, 0.1) is 6.04 Å². The van der Waals surface area contributed by atoms with Crippen LogP contribution in [0.2, 0.25) is 5.02 Å². The summed E-state index contributed by atoms with van der Waals surface area (Å²) < 4.78 is 10.7. The maximum absolute atomic E-state index is 13.0. The SMILES string of the molecule is O=C(Nc1ccc2c(c1)OCO2)N1CCCCCC1c1ccccc1Cl. The second-order valence-corrected chi connectivity index (χ2v) is 6.99. The van der Waals surface area contributed by atoms with Gasteiger partial charge in [0.25, 0.3) is 0 Å². The van der Waals surface area contributed by atoms with Gasteiger partial charge in [0.15, 0.2) is 11.5 Å². The zero-order valence-electron chi connectivity index (χ0n) is 14.4. The van der Waals surface area contributed by atoms with Crippen molar-refractivity contribution in [2.75, 3.05) is 18.7 Å². The standard InChI is InChI=1S/C20H21ClN2O3/c21-16-7-4-3-6-15(16)17-8-2-1-5-11-23(17)20(24)22-14-9-10-18-19(12-14)26-13-25-18/h3-4,6-7,9-10,12,17H,1-2,5,8,11,13H2,(H,22,24). The van der Waals surface area contributed by atoms with E-state index in [-0.39, 0.29) is 18.9 Å². The first-order chi connectivity index (χ1) is 12.7. The van der Waals surface area contributed by atoms with Crippen molar-refractivity contribution in [2.24, 2.45) is 0 Å². The first-order valence-electron chi connectivity index (χ1n) is 8.94. The molecule has 1 fully saturated rings. The van der Waals surface area contributed by atoms with Crippen LogP contribution >= 0.6 is 11.6 Å². The minimum Gasteiger partial charge on any atom is -0.454 e. The third-order valence-corrected chi connectivity index (χ3v) is 5.25. The van der Waals surface area contributed by atoms with E-state index in [0.717, 1.165) is 31.2 Å². The molecular formula is C20H21ClN2O3. The molecule has 2 heterocycles. The minimum absolute atomic E-state index is 0.0137. The maximum atomic E-state index is 13.0. The highest BCUT2D eigenvalue weighted by Crippen LogP contribution is 2.36. The summed E-state index contributed by atoms with van der Waals surface area (Å²) in [5.74, 6) is 1.35. The molecule has 2 aromatic carbocycles. The van der Waals surface area contributed by atoms with Crippen molar-refractivity contribution >= 4 is 23.3 Å². The average Bonchev–Trinajstić information content (AvgIpc) is 2.97. The lowest BCUT2D eigenvalue weighted by Crippen LogP contribution is -2.38. The maximum Gasteiger partial charge on any atom is 0.322 e. The van der Waals surface area contributed by atoms with E-state index < -0.39 is 0 Å². The van der Waals surface area contributed by atoms with Crippen LogP contribution in [-0.2, 0) is 0 Å². The lowest BCUT2D eigenvalue weighted by atomic mass is 10.0. The number of hydrogen-bond donors (Lipinski definition) is 1. The van der Waals surface area contributed by atoms with Gasteiger partial charge in [-0.05, 0) is 36.6 Å². The number of carbonyl (C=O) groups excluding carboxylic acids is 1. The number of hydrogen-bond acceptors (Lipinski definition) is 3. The molecule has 4 rings (SSSR count). The third-order valence-electron chi connectivity index (χ3n) is 4.90. The molecule has 0 spiro atoms. The van der Waals surface area contributed by atoms with Crippen molar-refractivity contribution < 1.29 is 14.3 Å². The summed E-state index contributed by atoms with van der Waals surface area (Å²) in [6.07, 6.45) is 4.12. The number of fused-ring (bicyclic) bond motifs is 1. The Labute approximate surface area is 157 Å². The molecule has 1 atom stereocenters. The van der Waals surface area contributed by atoms with Gasteiger partial charge in [0, 0.05) is 23.3 Å². The third kappa shape index (κ3) is 3.44. The second-order valence-electron chi connectivity index (χ2n) is 6.58. The first-order valence-corrected chi connectivity index (χ1v) is 9.32. The fraction of sp³-hybridized carbons (Fsp3) is 0.350. The van der Waals surface area contributed by atoms with Crippen LogP contribution in [-0.4, -0.2) is 24.3 Å². The van der Waals surface area contributed by atoms with Crippen LogP contribution in [0.25, 0.3) is 0 Å². The zero-order valence-corrected chi connectivity index (χ0v) is 15.2. The molecule has 5 nitrogen and oxygen atoms in total. The predicted molar refractivity (Wildman–Crippen MR) is 101 cm³/mol. The van der Waals surface area contributed by atoms with E-state index in [4.69, 9.17) is 21.1 Å². The molecule has 136 valence electrons. The Bertz CT molecular complexity index is 811. The number of carbonyl (C=O) groups is 1. The van der Waals surface area contributed by atoms with Crippen LogP contribution in [0.1, 0.15) is 37.3 Å². The highest BCUT2D eigenvalue weighted by atomic mass is 35.5. The molecule has 0 aromatic heterocycles. The topological polar surface area (TPSA) is 50.8 Å². The number of urea groups is 1. The Balaban J connectivity index is 1.56. The Morgan fingerprint density at radius 3 is 2.81 bits per heavy atom. The summed E-state index contributed by atoms with van der Waals surface area (Å²) >= 11 is 6.42. The van der Waals surface area contributed by atoms with Gasteiger partial charge in [-0.2, -0.15) is 0 Å². The molecule has 2 aromatic rings. The minimum atomic E-state index is -0.115. The van der Waals surface area contributed by atoms with Gasteiger partial charge in [-0.25, -0.2) is 4.79 Å². The van der Waals surface area contributed by atoms with Crippen LogP contribution in [0, 0.1) is 0 Å². The lowest BCUT2D eigenvalue weighted by molar-refractivity contribution is 0.174. The van der Waals surface area contributed by atoms with E-state index in [1.54, 1.807) is 6.07 Å². The molecule has 0 aliphatic carbocycles. The predicted octanol–water partition coefficient (Wildman–Crippen LogP) is 5.22. The largest absolute Gasteiger partial charge is 0.454 e. The average molecular weight is 373 g/mol. The highest BCUT2D eigenvalue weighted by Gasteiger charge is 2.28. The molecule has 26 heavy (non-hydrogen) atoms. The van der Waals surface area contributed by atoms with Crippen molar-refractivity contribution in [1.82, 2.24) is 4.90 Å². The molecule has 2 amide bonds. The summed E-state index contributed by atoms with van der Waals surface area (Å²) in [7, 11) is 0. The molecule has 1 unspecified atom stereocenters. The van der Waals surface area contributed by atoms with Crippen molar-refractivity contribution in [3.63, 3.8) is 0 Å². The molecule has 2 aliphatic rings. The second kappa shape index (κ2) is 7.46. The first kappa shape index (κ1) is 17.0. The van der Waals surface area contributed by atoms with Gasteiger partial charge in [-0.1, -0.05) is 42.6 Å². The van der Waals surface area contributed by atoms with E-state index in [2.05, 4.69) is 5.32 Å². The number of nitrogens with one attached hydrogen (secondary N) is 1. The van der Waals surface area contributed by atoms with E-state index in [9.17, 15) is 4.79 Å². The Hall–Kier alpha value is -2.40. The fourth-order valence-electron chi connectivity index (χ4n) is 3.59. The molecular weight excluding hydrogens is 352 g/mol. The van der Waals surface area contributed by atoms with Crippen molar-refractivity contribution in [3.05, 3.63) is 53.1 Å². The Kier molecular flexibility index (Phi) is 4.89. The number of amides is 2.